The van der Waals surface area contributed by atoms with Gasteiger partial charge in [-0.05, 0) is 37.1 Å². The van der Waals surface area contributed by atoms with Crippen molar-refractivity contribution in [2.75, 3.05) is 6.61 Å². The van der Waals surface area contributed by atoms with Gasteiger partial charge in [-0.3, -0.25) is 4.79 Å². The molecule has 2 rings (SSSR count). The quantitative estimate of drug-likeness (QED) is 0.819. The van der Waals surface area contributed by atoms with E-state index in [1.807, 2.05) is 24.4 Å². The van der Waals surface area contributed by atoms with E-state index < -0.39 is 5.54 Å². The summed E-state index contributed by atoms with van der Waals surface area (Å²) in [5.74, 6) is 0.454. The molecule has 0 aliphatic heterocycles. The standard InChI is InChI=1S/C12H17NO2S/c1-12(8-14,9-4-5-9)13-11(15)7-10-3-2-6-16-10/h2-3,6,9,14H,4-5,7-8H2,1H3,(H,13,15). The van der Waals surface area contributed by atoms with E-state index in [9.17, 15) is 9.90 Å². The van der Waals surface area contributed by atoms with Crippen molar-refractivity contribution in [2.45, 2.75) is 31.7 Å². The Morgan fingerprint density at radius 1 is 1.69 bits per heavy atom. The monoisotopic (exact) mass is 239 g/mol. The summed E-state index contributed by atoms with van der Waals surface area (Å²) in [6, 6.07) is 3.90. The van der Waals surface area contributed by atoms with Gasteiger partial charge in [-0.2, -0.15) is 0 Å². The second kappa shape index (κ2) is 4.55. The molecule has 1 aromatic rings. The smallest absolute Gasteiger partial charge is 0.225 e. The minimum atomic E-state index is -0.422. The van der Waals surface area contributed by atoms with Crippen molar-refractivity contribution in [1.29, 1.82) is 0 Å². The number of hydrogen-bond donors (Lipinski definition) is 2. The Kier molecular flexibility index (Phi) is 3.30. The molecule has 88 valence electrons. The minimum absolute atomic E-state index is 0.00546. The largest absolute Gasteiger partial charge is 0.394 e. The summed E-state index contributed by atoms with van der Waals surface area (Å²) >= 11 is 1.59. The first-order valence-electron chi connectivity index (χ1n) is 5.58. The van der Waals surface area contributed by atoms with Crippen molar-refractivity contribution >= 4 is 17.2 Å². The molecule has 1 unspecified atom stereocenters. The Morgan fingerprint density at radius 3 is 2.94 bits per heavy atom. The van der Waals surface area contributed by atoms with Crippen molar-refractivity contribution in [1.82, 2.24) is 5.32 Å². The van der Waals surface area contributed by atoms with Crippen LogP contribution >= 0.6 is 11.3 Å². The van der Waals surface area contributed by atoms with Gasteiger partial charge in [0.25, 0.3) is 0 Å². The topological polar surface area (TPSA) is 49.3 Å². The molecule has 2 N–H and O–H groups in total. The van der Waals surface area contributed by atoms with E-state index in [2.05, 4.69) is 5.32 Å². The Balaban J connectivity index is 1.90. The second-order valence-electron chi connectivity index (χ2n) is 4.65. The van der Waals surface area contributed by atoms with Crippen LogP contribution in [-0.2, 0) is 11.2 Å². The first kappa shape index (κ1) is 11.6. The summed E-state index contributed by atoms with van der Waals surface area (Å²) < 4.78 is 0. The van der Waals surface area contributed by atoms with Crippen molar-refractivity contribution < 1.29 is 9.90 Å². The maximum Gasteiger partial charge on any atom is 0.225 e. The highest BCUT2D eigenvalue weighted by Gasteiger charge is 2.42. The van der Waals surface area contributed by atoms with Crippen LogP contribution in [0.3, 0.4) is 0 Å². The average Bonchev–Trinajstić information content (AvgIpc) is 3.00. The second-order valence-corrected chi connectivity index (χ2v) is 5.69. The van der Waals surface area contributed by atoms with Crippen LogP contribution in [0.25, 0.3) is 0 Å². The Hall–Kier alpha value is -0.870. The molecule has 3 nitrogen and oxygen atoms in total. The molecular formula is C12H17NO2S. The van der Waals surface area contributed by atoms with Gasteiger partial charge in [0, 0.05) is 4.88 Å². The summed E-state index contributed by atoms with van der Waals surface area (Å²) in [6.07, 6.45) is 2.63. The minimum Gasteiger partial charge on any atom is -0.394 e. The van der Waals surface area contributed by atoms with Crippen LogP contribution in [0.2, 0.25) is 0 Å². The van der Waals surface area contributed by atoms with Crippen molar-refractivity contribution in [3.8, 4) is 0 Å². The van der Waals surface area contributed by atoms with Crippen molar-refractivity contribution in [3.63, 3.8) is 0 Å². The summed E-state index contributed by atoms with van der Waals surface area (Å²) in [5, 5.41) is 14.3. The van der Waals surface area contributed by atoms with E-state index in [0.29, 0.717) is 12.3 Å². The molecule has 1 aliphatic rings. The lowest BCUT2D eigenvalue weighted by Crippen LogP contribution is -2.51. The van der Waals surface area contributed by atoms with E-state index in [1.54, 1.807) is 11.3 Å². The summed E-state index contributed by atoms with van der Waals surface area (Å²) in [5.41, 5.74) is -0.422. The van der Waals surface area contributed by atoms with Crippen molar-refractivity contribution in [3.05, 3.63) is 22.4 Å². The number of rotatable bonds is 5. The summed E-state index contributed by atoms with van der Waals surface area (Å²) in [4.78, 5) is 12.9. The third-order valence-corrected chi connectivity index (χ3v) is 4.02. The number of aliphatic hydroxyl groups excluding tert-OH is 1. The molecule has 1 aliphatic carbocycles. The molecule has 0 radical (unpaired) electrons. The zero-order valence-corrected chi connectivity index (χ0v) is 10.2. The number of hydrogen-bond acceptors (Lipinski definition) is 3. The van der Waals surface area contributed by atoms with Crippen LogP contribution in [-0.4, -0.2) is 23.2 Å². The first-order chi connectivity index (χ1) is 7.64. The molecule has 1 saturated carbocycles. The molecule has 0 spiro atoms. The average molecular weight is 239 g/mol. The third-order valence-electron chi connectivity index (χ3n) is 3.15. The molecule has 1 amide bonds. The normalized spacial score (nSPS) is 19.1. The number of nitrogens with one attached hydrogen (secondary N) is 1. The van der Waals surface area contributed by atoms with Gasteiger partial charge >= 0.3 is 0 Å². The number of aliphatic hydroxyl groups is 1. The molecule has 1 atom stereocenters. The van der Waals surface area contributed by atoms with Gasteiger partial charge in [0.2, 0.25) is 5.91 Å². The highest BCUT2D eigenvalue weighted by Crippen LogP contribution is 2.39. The Labute approximate surface area is 99.5 Å². The lowest BCUT2D eigenvalue weighted by Gasteiger charge is -2.28. The predicted octanol–water partition coefficient (Wildman–Crippen LogP) is 1.57. The van der Waals surface area contributed by atoms with Crippen LogP contribution in [0.15, 0.2) is 17.5 Å². The van der Waals surface area contributed by atoms with Gasteiger partial charge in [0.1, 0.15) is 0 Å². The molecular weight excluding hydrogens is 222 g/mol. The molecule has 1 fully saturated rings. The van der Waals surface area contributed by atoms with E-state index in [0.717, 1.165) is 17.7 Å². The Morgan fingerprint density at radius 2 is 2.44 bits per heavy atom. The lowest BCUT2D eigenvalue weighted by molar-refractivity contribution is -0.123. The van der Waals surface area contributed by atoms with Crippen LogP contribution in [0.5, 0.6) is 0 Å². The third kappa shape index (κ3) is 2.62. The van der Waals surface area contributed by atoms with Gasteiger partial charge in [-0.1, -0.05) is 6.07 Å². The van der Waals surface area contributed by atoms with E-state index in [-0.39, 0.29) is 12.5 Å². The van der Waals surface area contributed by atoms with Crippen molar-refractivity contribution in [2.24, 2.45) is 5.92 Å². The van der Waals surface area contributed by atoms with Crippen LogP contribution in [0.4, 0.5) is 0 Å². The van der Waals surface area contributed by atoms with Crippen LogP contribution < -0.4 is 5.32 Å². The Bertz CT molecular complexity index is 359. The maximum absolute atomic E-state index is 11.8. The highest BCUT2D eigenvalue weighted by atomic mass is 32.1. The van der Waals surface area contributed by atoms with Gasteiger partial charge < -0.3 is 10.4 Å². The van der Waals surface area contributed by atoms with Gasteiger partial charge in [-0.25, -0.2) is 0 Å². The fourth-order valence-corrected chi connectivity index (χ4v) is 2.63. The van der Waals surface area contributed by atoms with Gasteiger partial charge in [0.05, 0.1) is 18.6 Å². The SMILES string of the molecule is CC(CO)(NC(=O)Cc1cccs1)C1CC1. The summed E-state index contributed by atoms with van der Waals surface area (Å²) in [7, 11) is 0. The van der Waals surface area contributed by atoms with E-state index in [1.165, 1.54) is 0 Å². The van der Waals surface area contributed by atoms with E-state index >= 15 is 0 Å². The zero-order chi connectivity index (χ0) is 11.6. The molecule has 0 aromatic carbocycles. The fourth-order valence-electron chi connectivity index (χ4n) is 1.93. The molecule has 1 aromatic heterocycles. The molecule has 4 heteroatoms. The number of carbonyl (C=O) groups is 1. The number of amides is 1. The predicted molar refractivity (Wildman–Crippen MR) is 64.4 cm³/mol. The van der Waals surface area contributed by atoms with Crippen LogP contribution in [0.1, 0.15) is 24.6 Å². The molecule has 0 saturated heterocycles. The van der Waals surface area contributed by atoms with Gasteiger partial charge in [0.15, 0.2) is 0 Å². The maximum atomic E-state index is 11.8. The molecule has 16 heavy (non-hydrogen) atoms. The molecule has 0 bridgehead atoms. The van der Waals surface area contributed by atoms with E-state index in [4.69, 9.17) is 0 Å². The van der Waals surface area contributed by atoms with Crippen LogP contribution in [0, 0.1) is 5.92 Å². The highest BCUT2D eigenvalue weighted by molar-refractivity contribution is 7.10. The number of carbonyl (C=O) groups excluding carboxylic acids is 1. The lowest BCUT2D eigenvalue weighted by atomic mass is 9.97. The fraction of sp³-hybridized carbons (Fsp3) is 0.583. The zero-order valence-electron chi connectivity index (χ0n) is 9.40. The van der Waals surface area contributed by atoms with Gasteiger partial charge in [-0.15, -0.1) is 11.3 Å². The number of thiophene rings is 1. The molecule has 1 heterocycles. The first-order valence-corrected chi connectivity index (χ1v) is 6.46. The summed E-state index contributed by atoms with van der Waals surface area (Å²) in [6.45, 7) is 1.95.